The fourth-order valence-corrected chi connectivity index (χ4v) is 4.01. The molecular formula is C19H27N3O4. The van der Waals surface area contributed by atoms with Crippen LogP contribution in [0.5, 0.6) is 0 Å². The second kappa shape index (κ2) is 6.78. The van der Waals surface area contributed by atoms with Gasteiger partial charge in [0.2, 0.25) is 5.91 Å². The lowest BCUT2D eigenvalue weighted by Crippen LogP contribution is -2.40. The summed E-state index contributed by atoms with van der Waals surface area (Å²) in [5, 5.41) is 2.78. The van der Waals surface area contributed by atoms with Gasteiger partial charge in [-0.05, 0) is 45.2 Å². The molecule has 0 saturated carbocycles. The molecule has 2 fully saturated rings. The monoisotopic (exact) mass is 361 g/mol. The number of carbonyl (C=O) groups excluding carboxylic acids is 3. The molecule has 1 aromatic rings. The summed E-state index contributed by atoms with van der Waals surface area (Å²) in [5.41, 5.74) is 0.865. The fraction of sp³-hybridized carbons (Fsp3) is 0.632. The molecule has 2 unspecified atom stereocenters. The van der Waals surface area contributed by atoms with E-state index in [-0.39, 0.29) is 17.9 Å². The molecule has 3 rings (SSSR count). The summed E-state index contributed by atoms with van der Waals surface area (Å²) in [7, 11) is 1.83. The Labute approximate surface area is 153 Å². The minimum absolute atomic E-state index is 0.0109. The van der Waals surface area contributed by atoms with E-state index >= 15 is 0 Å². The van der Waals surface area contributed by atoms with Gasteiger partial charge in [0.25, 0.3) is 5.91 Å². The zero-order valence-corrected chi connectivity index (χ0v) is 15.9. The zero-order chi connectivity index (χ0) is 19.1. The van der Waals surface area contributed by atoms with Gasteiger partial charge in [0.1, 0.15) is 17.3 Å². The number of hydrogen-bond acceptors (Lipinski definition) is 4. The van der Waals surface area contributed by atoms with Crippen LogP contribution in [-0.2, 0) is 21.4 Å². The number of likely N-dealkylation sites (tertiary alicyclic amines) is 1. The molecule has 2 saturated heterocycles. The number of nitrogens with one attached hydrogen (secondary N) is 1. The SMILES string of the molecule is CC(=O)N1CCCCC1c1ccc(C(=O)NC2CC(C)(C)OC2=O)n1C. The second-order valence-corrected chi connectivity index (χ2v) is 7.84. The molecule has 142 valence electrons. The summed E-state index contributed by atoms with van der Waals surface area (Å²) in [4.78, 5) is 38.4. The van der Waals surface area contributed by atoms with Crippen molar-refractivity contribution in [2.24, 2.45) is 7.05 Å². The Morgan fingerprint density at radius 3 is 2.62 bits per heavy atom. The summed E-state index contributed by atoms with van der Waals surface area (Å²) in [5.74, 6) is -0.644. The Bertz CT molecular complexity index is 737. The summed E-state index contributed by atoms with van der Waals surface area (Å²) < 4.78 is 7.09. The van der Waals surface area contributed by atoms with Crippen molar-refractivity contribution in [1.82, 2.24) is 14.8 Å². The number of nitrogens with zero attached hydrogens (tertiary/aromatic N) is 2. The molecule has 2 aliphatic rings. The van der Waals surface area contributed by atoms with Gasteiger partial charge in [0.15, 0.2) is 0 Å². The van der Waals surface area contributed by atoms with E-state index in [1.165, 1.54) is 0 Å². The van der Waals surface area contributed by atoms with Crippen molar-refractivity contribution in [3.63, 3.8) is 0 Å². The number of esters is 1. The van der Waals surface area contributed by atoms with Gasteiger partial charge >= 0.3 is 5.97 Å². The molecule has 2 aliphatic heterocycles. The maximum atomic E-state index is 12.7. The van der Waals surface area contributed by atoms with Gasteiger partial charge in [-0.1, -0.05) is 0 Å². The van der Waals surface area contributed by atoms with Crippen LogP contribution in [0.2, 0.25) is 0 Å². The van der Waals surface area contributed by atoms with Gasteiger partial charge in [-0.15, -0.1) is 0 Å². The Morgan fingerprint density at radius 2 is 2.00 bits per heavy atom. The maximum absolute atomic E-state index is 12.7. The van der Waals surface area contributed by atoms with Crippen LogP contribution >= 0.6 is 0 Å². The Balaban J connectivity index is 1.77. The van der Waals surface area contributed by atoms with Crippen LogP contribution in [0.3, 0.4) is 0 Å². The van der Waals surface area contributed by atoms with Crippen LogP contribution in [0.25, 0.3) is 0 Å². The minimum atomic E-state index is -0.626. The van der Waals surface area contributed by atoms with Gasteiger partial charge in [-0.25, -0.2) is 4.79 Å². The lowest BCUT2D eigenvalue weighted by atomic mass is 9.99. The topological polar surface area (TPSA) is 80.6 Å². The van der Waals surface area contributed by atoms with Crippen LogP contribution < -0.4 is 5.32 Å². The van der Waals surface area contributed by atoms with E-state index in [0.717, 1.165) is 31.5 Å². The first-order valence-corrected chi connectivity index (χ1v) is 9.16. The van der Waals surface area contributed by atoms with Crippen LogP contribution in [0.4, 0.5) is 0 Å². The molecule has 0 spiro atoms. The van der Waals surface area contributed by atoms with E-state index in [4.69, 9.17) is 4.74 Å². The highest BCUT2D eigenvalue weighted by atomic mass is 16.6. The molecular weight excluding hydrogens is 334 g/mol. The minimum Gasteiger partial charge on any atom is -0.458 e. The number of rotatable bonds is 3. The molecule has 7 nitrogen and oxygen atoms in total. The fourth-order valence-electron chi connectivity index (χ4n) is 4.01. The van der Waals surface area contributed by atoms with Crippen molar-refractivity contribution in [3.05, 3.63) is 23.5 Å². The lowest BCUT2D eigenvalue weighted by molar-refractivity contribution is -0.147. The molecule has 1 aromatic heterocycles. The highest BCUT2D eigenvalue weighted by Crippen LogP contribution is 2.32. The van der Waals surface area contributed by atoms with E-state index in [0.29, 0.717) is 12.1 Å². The number of hydrogen-bond donors (Lipinski definition) is 1. The second-order valence-electron chi connectivity index (χ2n) is 7.84. The van der Waals surface area contributed by atoms with Gasteiger partial charge in [0.05, 0.1) is 6.04 Å². The molecule has 1 N–H and O–H groups in total. The molecule has 0 aliphatic carbocycles. The highest BCUT2D eigenvalue weighted by Gasteiger charge is 2.41. The van der Waals surface area contributed by atoms with Gasteiger partial charge in [-0.2, -0.15) is 0 Å². The summed E-state index contributed by atoms with van der Waals surface area (Å²) in [6.07, 6.45) is 3.41. The van der Waals surface area contributed by atoms with E-state index < -0.39 is 17.6 Å². The van der Waals surface area contributed by atoms with E-state index in [1.54, 1.807) is 13.0 Å². The molecule has 0 radical (unpaired) electrons. The quantitative estimate of drug-likeness (QED) is 0.834. The van der Waals surface area contributed by atoms with Crippen LogP contribution in [-0.4, -0.2) is 45.4 Å². The smallest absolute Gasteiger partial charge is 0.329 e. The first-order chi connectivity index (χ1) is 12.2. The first kappa shape index (κ1) is 18.5. The zero-order valence-electron chi connectivity index (χ0n) is 15.9. The third kappa shape index (κ3) is 3.48. The standard InChI is InChI=1S/C19H27N3O4/c1-12(23)22-10-6-5-7-15(22)14-8-9-16(21(14)4)17(24)20-13-11-19(2,3)26-18(13)25/h8-9,13,15H,5-7,10-11H2,1-4H3,(H,20,24). The average molecular weight is 361 g/mol. The Hall–Kier alpha value is -2.31. The van der Waals surface area contributed by atoms with Crippen molar-refractivity contribution < 1.29 is 19.1 Å². The van der Waals surface area contributed by atoms with Crippen molar-refractivity contribution in [1.29, 1.82) is 0 Å². The summed E-state index contributed by atoms with van der Waals surface area (Å²) in [6.45, 7) is 5.99. The maximum Gasteiger partial charge on any atom is 0.329 e. The predicted molar refractivity (Wildman–Crippen MR) is 95.4 cm³/mol. The number of aromatic nitrogens is 1. The van der Waals surface area contributed by atoms with Crippen molar-refractivity contribution in [2.75, 3.05) is 6.54 Å². The Morgan fingerprint density at radius 1 is 1.27 bits per heavy atom. The molecule has 26 heavy (non-hydrogen) atoms. The van der Waals surface area contributed by atoms with Gasteiger partial charge in [-0.3, -0.25) is 9.59 Å². The third-order valence-corrected chi connectivity index (χ3v) is 5.30. The lowest BCUT2D eigenvalue weighted by Gasteiger charge is -2.35. The predicted octanol–water partition coefficient (Wildman–Crippen LogP) is 1.92. The average Bonchev–Trinajstić information content (AvgIpc) is 3.06. The largest absolute Gasteiger partial charge is 0.458 e. The van der Waals surface area contributed by atoms with E-state index in [2.05, 4.69) is 5.32 Å². The number of carbonyl (C=O) groups is 3. The number of cyclic esters (lactones) is 1. The number of ether oxygens (including phenoxy) is 1. The molecule has 3 heterocycles. The van der Waals surface area contributed by atoms with Crippen molar-refractivity contribution in [3.8, 4) is 0 Å². The van der Waals surface area contributed by atoms with Crippen molar-refractivity contribution in [2.45, 2.75) is 64.1 Å². The van der Waals surface area contributed by atoms with E-state index in [1.807, 2.05) is 36.4 Å². The van der Waals surface area contributed by atoms with E-state index in [9.17, 15) is 14.4 Å². The summed E-state index contributed by atoms with van der Waals surface area (Å²) in [6, 6.07) is 3.02. The Kier molecular flexibility index (Phi) is 4.82. The van der Waals surface area contributed by atoms with Crippen molar-refractivity contribution >= 4 is 17.8 Å². The number of amides is 2. The molecule has 2 atom stereocenters. The number of piperidine rings is 1. The summed E-state index contributed by atoms with van der Waals surface area (Å²) >= 11 is 0. The molecule has 2 amide bonds. The van der Waals surface area contributed by atoms with Crippen LogP contribution in [0.15, 0.2) is 12.1 Å². The highest BCUT2D eigenvalue weighted by molar-refractivity contribution is 5.96. The normalized spacial score (nSPS) is 25.1. The van der Waals surface area contributed by atoms with Gasteiger partial charge < -0.3 is 19.5 Å². The van der Waals surface area contributed by atoms with Crippen LogP contribution in [0.1, 0.15) is 68.7 Å². The molecule has 0 aromatic carbocycles. The first-order valence-electron chi connectivity index (χ1n) is 9.16. The van der Waals surface area contributed by atoms with Gasteiger partial charge in [0, 0.05) is 32.6 Å². The van der Waals surface area contributed by atoms with Crippen LogP contribution in [0, 0.1) is 0 Å². The molecule has 0 bridgehead atoms. The third-order valence-electron chi connectivity index (χ3n) is 5.30. The molecule has 7 heteroatoms.